The Morgan fingerprint density at radius 3 is 1.54 bits per heavy atom. The number of benzene rings is 2. The molecule has 0 spiro atoms. The van der Waals surface area contributed by atoms with Gasteiger partial charge in [-0.1, -0.05) is 31.9 Å². The van der Waals surface area contributed by atoms with Crippen LogP contribution < -0.4 is 9.80 Å². The molecule has 28 heteroatoms. The predicted molar refractivity (Wildman–Crippen MR) is 237 cm³/mol. The second-order valence-electron chi connectivity index (χ2n) is 13.6. The van der Waals surface area contributed by atoms with Gasteiger partial charge in [0, 0.05) is 101 Å². The summed E-state index contributed by atoms with van der Waals surface area (Å²) in [6, 6.07) is 7.25. The van der Waals surface area contributed by atoms with Gasteiger partial charge in [-0.15, -0.1) is 0 Å². The number of likely N-dealkylation sites (N-methyl/N-ethyl adjacent to an activating group) is 1. The molecule has 0 amide bonds. The fraction of sp³-hybridized carbons (Fsp3) is 0.636. The van der Waals surface area contributed by atoms with Crippen molar-refractivity contribution in [1.29, 1.82) is 0 Å². The number of rotatable bonds is 25. The lowest BCUT2D eigenvalue weighted by molar-refractivity contribution is -0.385. The minimum absolute atomic E-state index is 0.0660. The first kappa shape index (κ1) is 54.5. The van der Waals surface area contributed by atoms with Crippen molar-refractivity contribution in [1.82, 2.24) is 14.1 Å². The van der Waals surface area contributed by atoms with Gasteiger partial charge in [-0.2, -0.15) is 21.1 Å². The molecule has 0 unspecified atom stereocenters. The molecule has 0 atom stereocenters. The van der Waals surface area contributed by atoms with Crippen molar-refractivity contribution >= 4 is 94.7 Å². The van der Waals surface area contributed by atoms with Crippen molar-refractivity contribution in [3.05, 3.63) is 56.6 Å². The number of morpholine rings is 1. The minimum Gasteiger partial charge on any atom is -0.379 e. The van der Waals surface area contributed by atoms with Gasteiger partial charge in [-0.3, -0.25) is 33.5 Å². The average Bonchev–Trinajstić information content (AvgIpc) is 3.17. The summed E-state index contributed by atoms with van der Waals surface area (Å²) in [5, 5.41) is 23.4. The summed E-state index contributed by atoms with van der Waals surface area (Å²) in [6.45, 7) is 3.97. The number of anilines is 2. The first-order chi connectivity index (χ1) is 28.3. The highest BCUT2D eigenvalue weighted by Gasteiger charge is 2.30. The van der Waals surface area contributed by atoms with Crippen LogP contribution in [-0.2, 0) is 53.2 Å². The molecule has 0 bridgehead atoms. The number of non-ortho nitro benzene ring substituents is 2. The number of alkyl halides is 2. The first-order valence-corrected chi connectivity index (χ1v) is 27.3. The van der Waals surface area contributed by atoms with E-state index in [0.29, 0.717) is 56.6 Å². The highest BCUT2D eigenvalue weighted by molar-refractivity contribution is 9.09. The highest BCUT2D eigenvalue weighted by atomic mass is 79.9. The van der Waals surface area contributed by atoms with Crippen LogP contribution in [0, 0.1) is 20.2 Å². The summed E-state index contributed by atoms with van der Waals surface area (Å²) in [5.41, 5.74) is -0.195. The van der Waals surface area contributed by atoms with E-state index in [1.807, 2.05) is 0 Å². The van der Waals surface area contributed by atoms with Gasteiger partial charge in [0.25, 0.3) is 31.6 Å². The summed E-state index contributed by atoms with van der Waals surface area (Å²) >= 11 is 6.58. The second kappa shape index (κ2) is 25.0. The lowest BCUT2D eigenvalue weighted by Crippen LogP contribution is -2.42. The van der Waals surface area contributed by atoms with Gasteiger partial charge in [0.2, 0.25) is 10.0 Å². The third kappa shape index (κ3) is 18.9. The molecule has 22 nitrogen and oxygen atoms in total. The van der Waals surface area contributed by atoms with E-state index in [9.17, 15) is 53.9 Å². The summed E-state index contributed by atoms with van der Waals surface area (Å²) in [5.74, 6) is -0.212. The molecule has 0 aromatic heterocycles. The largest absolute Gasteiger partial charge is 0.379 e. The fourth-order valence-electron chi connectivity index (χ4n) is 5.53. The van der Waals surface area contributed by atoms with Crippen LogP contribution in [0.2, 0.25) is 0 Å². The van der Waals surface area contributed by atoms with E-state index in [2.05, 4.69) is 36.8 Å². The summed E-state index contributed by atoms with van der Waals surface area (Å²) < 4.78 is 114. The van der Waals surface area contributed by atoms with Gasteiger partial charge in [-0.05, 0) is 26.2 Å². The molecule has 0 radical (unpaired) electrons. The molecule has 1 aliphatic rings. The van der Waals surface area contributed by atoms with E-state index in [0.717, 1.165) is 24.6 Å². The van der Waals surface area contributed by atoms with Crippen molar-refractivity contribution < 1.29 is 56.6 Å². The van der Waals surface area contributed by atoms with Gasteiger partial charge in [0.1, 0.15) is 4.90 Å². The van der Waals surface area contributed by atoms with E-state index in [4.69, 9.17) is 13.1 Å². The number of sulfonamides is 1. The summed E-state index contributed by atoms with van der Waals surface area (Å²) in [7, 11) is -10.3. The number of sulfone groups is 1. The molecular formula is C33H53Br2N7O15S4. The number of nitro benzene ring substituents is 2. The molecular weight excluding hydrogens is 1020 g/mol. The zero-order valence-corrected chi connectivity index (χ0v) is 40.9. The van der Waals surface area contributed by atoms with Crippen molar-refractivity contribution in [2.45, 2.75) is 9.79 Å². The smallest absolute Gasteiger partial charge is 0.270 e. The average molecular weight is 1080 g/mol. The summed E-state index contributed by atoms with van der Waals surface area (Å²) in [6.07, 6.45) is 1.85. The Balaban J connectivity index is 0.000000426. The van der Waals surface area contributed by atoms with Gasteiger partial charge < -0.3 is 19.4 Å². The Morgan fingerprint density at radius 1 is 0.689 bits per heavy atom. The van der Waals surface area contributed by atoms with E-state index in [1.54, 1.807) is 28.8 Å². The molecule has 0 saturated carbocycles. The Morgan fingerprint density at radius 2 is 1.13 bits per heavy atom. The Hall–Kier alpha value is -2.64. The predicted octanol–water partition coefficient (Wildman–Crippen LogP) is 1.83. The van der Waals surface area contributed by atoms with Gasteiger partial charge >= 0.3 is 0 Å². The van der Waals surface area contributed by atoms with Crippen LogP contribution in [0.1, 0.15) is 0 Å². The molecule has 1 aliphatic heterocycles. The molecule has 1 fully saturated rings. The zero-order valence-electron chi connectivity index (χ0n) is 34.4. The van der Waals surface area contributed by atoms with Crippen LogP contribution in [0.15, 0.2) is 46.2 Å². The van der Waals surface area contributed by atoms with E-state index < -0.39 is 49.9 Å². The van der Waals surface area contributed by atoms with Crippen LogP contribution in [0.25, 0.3) is 0 Å². The molecule has 0 N–H and O–H groups in total. The minimum atomic E-state index is -4.09. The molecule has 61 heavy (non-hydrogen) atoms. The number of nitro groups is 2. The third-order valence-electron chi connectivity index (χ3n) is 8.68. The van der Waals surface area contributed by atoms with E-state index in [1.165, 1.54) is 35.6 Å². The van der Waals surface area contributed by atoms with E-state index in [-0.39, 0.29) is 77.7 Å². The zero-order chi connectivity index (χ0) is 46.2. The Bertz CT molecular complexity index is 2220. The Labute approximate surface area is 374 Å². The van der Waals surface area contributed by atoms with Crippen molar-refractivity contribution in [3.8, 4) is 0 Å². The van der Waals surface area contributed by atoms with Gasteiger partial charge in [0.05, 0.1) is 70.8 Å². The number of halogens is 2. The summed E-state index contributed by atoms with van der Waals surface area (Å²) in [4.78, 5) is 27.8. The van der Waals surface area contributed by atoms with E-state index >= 15 is 0 Å². The fourth-order valence-corrected chi connectivity index (χ4v) is 10.2. The van der Waals surface area contributed by atoms with Crippen molar-refractivity contribution in [3.63, 3.8) is 0 Å². The molecule has 1 heterocycles. The van der Waals surface area contributed by atoms with Crippen LogP contribution >= 0.6 is 31.9 Å². The first-order valence-electron chi connectivity index (χ1n) is 18.3. The number of nitrogens with zero attached hydrogens (tertiary/aromatic N) is 7. The quantitative estimate of drug-likeness (QED) is 0.0594. The number of hydrogen-bond acceptors (Lipinski definition) is 19. The SMILES string of the molecule is CN(C)CCS(=O)(=O)c1cc([N+](=O)[O-])ccc1N(CCBr)CCOS(C)(=O)=O.CN(CCN1CCOCC1)S(=O)(=O)c1cc([N+](=O)[O-])ccc1N(CCBr)CCOS(C)(=O)=O. The van der Waals surface area contributed by atoms with Crippen molar-refractivity contribution in [2.24, 2.45) is 0 Å². The third-order valence-corrected chi connectivity index (χ3v) is 14.2. The molecule has 2 aromatic rings. The van der Waals surface area contributed by atoms with Crippen LogP contribution in [0.4, 0.5) is 22.7 Å². The lowest BCUT2D eigenvalue weighted by Gasteiger charge is -2.30. The van der Waals surface area contributed by atoms with Crippen molar-refractivity contribution in [2.75, 3.05) is 145 Å². The lowest BCUT2D eigenvalue weighted by atomic mass is 10.2. The second-order valence-corrected chi connectivity index (χ2v) is 22.6. The number of hydrogen-bond donors (Lipinski definition) is 0. The van der Waals surface area contributed by atoms with Crippen LogP contribution in [0.3, 0.4) is 0 Å². The standard InChI is InChI=1S/C18H29BrN4O8S2.C15H24BrN3O7S2/c1-20(7-8-21-9-12-30-13-10-21)33(28,29)18-15-16(23(24)25)3-4-17(18)22(6-5-19)11-14-31-32(2,26)27;1-17(2)9-11-28(24,25)15-12-13(19(20)21)4-5-14(15)18(7-6-16)8-10-26-27(3,22)23/h3-4,15H,5-14H2,1-2H3;4-5,12H,6-11H2,1-3H3. The maximum absolute atomic E-state index is 13.4. The topological polar surface area (TPSA) is 267 Å². The molecule has 2 aromatic carbocycles. The van der Waals surface area contributed by atoms with Crippen LogP contribution in [0.5, 0.6) is 0 Å². The normalized spacial score (nSPS) is 14.1. The monoisotopic (exact) mass is 1070 g/mol. The van der Waals surface area contributed by atoms with Crippen LogP contribution in [-0.4, -0.2) is 193 Å². The van der Waals surface area contributed by atoms with Gasteiger partial charge in [0.15, 0.2) is 9.84 Å². The maximum Gasteiger partial charge on any atom is 0.270 e. The number of ether oxygens (including phenoxy) is 1. The Kier molecular flexibility index (Phi) is 22.3. The molecule has 3 rings (SSSR count). The maximum atomic E-state index is 13.4. The molecule has 1 saturated heterocycles. The molecule has 348 valence electrons. The molecule has 0 aliphatic carbocycles. The highest BCUT2D eigenvalue weighted by Crippen LogP contribution is 2.32. The van der Waals surface area contributed by atoms with Gasteiger partial charge in [-0.25, -0.2) is 16.8 Å².